The van der Waals surface area contributed by atoms with E-state index in [1.165, 1.54) is 5.56 Å². The van der Waals surface area contributed by atoms with Crippen LogP contribution < -0.4 is 10.2 Å². The fourth-order valence-electron chi connectivity index (χ4n) is 4.07. The number of carbonyl (C=O) groups is 2. The average molecular weight is 394 g/mol. The number of benzene rings is 2. The second-order valence-electron chi connectivity index (χ2n) is 8.82. The van der Waals surface area contributed by atoms with Crippen molar-refractivity contribution in [1.82, 2.24) is 10.2 Å². The summed E-state index contributed by atoms with van der Waals surface area (Å²) in [6, 6.07) is 17.5. The molecule has 3 rings (SSSR count). The van der Waals surface area contributed by atoms with Gasteiger partial charge in [0.05, 0.1) is 0 Å². The van der Waals surface area contributed by atoms with Gasteiger partial charge < -0.3 is 15.1 Å². The Kier molecular flexibility index (Phi) is 6.38. The van der Waals surface area contributed by atoms with Crippen molar-refractivity contribution in [2.24, 2.45) is 5.92 Å². The number of nitrogens with zero attached hydrogens (tertiary/aromatic N) is 2. The summed E-state index contributed by atoms with van der Waals surface area (Å²) in [5, 5.41) is 2.96. The molecule has 29 heavy (non-hydrogen) atoms. The highest BCUT2D eigenvalue weighted by Gasteiger charge is 2.31. The van der Waals surface area contributed by atoms with Gasteiger partial charge in [-0.1, -0.05) is 44.2 Å². The van der Waals surface area contributed by atoms with Crippen LogP contribution in [0.1, 0.15) is 36.2 Å². The van der Waals surface area contributed by atoms with Crippen LogP contribution in [0.5, 0.6) is 0 Å². The van der Waals surface area contributed by atoms with Gasteiger partial charge in [0.2, 0.25) is 5.91 Å². The van der Waals surface area contributed by atoms with E-state index in [4.69, 9.17) is 0 Å². The Hall–Kier alpha value is -2.66. The van der Waals surface area contributed by atoms with Crippen molar-refractivity contribution in [3.63, 3.8) is 0 Å². The minimum absolute atomic E-state index is 0.0430. The normalized spacial score (nSPS) is 17.1. The topological polar surface area (TPSA) is 52.6 Å². The van der Waals surface area contributed by atoms with Crippen LogP contribution in [0.4, 0.5) is 5.69 Å². The Bertz CT molecular complexity index is 844. The highest BCUT2D eigenvalue weighted by Crippen LogP contribution is 2.29. The molecule has 0 radical (unpaired) electrons. The molecule has 1 unspecified atom stereocenters. The first kappa shape index (κ1) is 21.1. The van der Waals surface area contributed by atoms with Crippen LogP contribution in [0.25, 0.3) is 0 Å². The van der Waals surface area contributed by atoms with Gasteiger partial charge in [-0.05, 0) is 43.9 Å². The van der Waals surface area contributed by atoms with Crippen molar-refractivity contribution in [3.8, 4) is 0 Å². The number of carbonyl (C=O) groups excluding carboxylic acids is 2. The Labute approximate surface area is 173 Å². The quantitative estimate of drug-likeness (QED) is 0.785. The molecule has 1 aliphatic heterocycles. The lowest BCUT2D eigenvalue weighted by atomic mass is 9.84. The van der Waals surface area contributed by atoms with Crippen LogP contribution >= 0.6 is 0 Å². The molecule has 0 aliphatic carbocycles. The van der Waals surface area contributed by atoms with E-state index in [1.807, 2.05) is 35.2 Å². The molecular formula is C24H31N3O2. The number of hydrogen-bond acceptors (Lipinski definition) is 3. The summed E-state index contributed by atoms with van der Waals surface area (Å²) < 4.78 is 0. The summed E-state index contributed by atoms with van der Waals surface area (Å²) in [6.45, 7) is 6.55. The summed E-state index contributed by atoms with van der Waals surface area (Å²) in [5.41, 5.74) is 2.87. The molecular weight excluding hydrogens is 362 g/mol. The van der Waals surface area contributed by atoms with E-state index in [0.29, 0.717) is 25.1 Å². The maximum atomic E-state index is 12.5. The van der Waals surface area contributed by atoms with E-state index >= 15 is 0 Å². The molecule has 2 aromatic carbocycles. The average Bonchev–Trinajstić information content (AvgIpc) is 3.06. The molecule has 0 aromatic heterocycles. The zero-order valence-corrected chi connectivity index (χ0v) is 17.8. The first-order valence-electron chi connectivity index (χ1n) is 10.1. The van der Waals surface area contributed by atoms with Gasteiger partial charge in [0.1, 0.15) is 0 Å². The van der Waals surface area contributed by atoms with Gasteiger partial charge in [0, 0.05) is 48.6 Å². The van der Waals surface area contributed by atoms with E-state index in [2.05, 4.69) is 50.3 Å². The number of likely N-dealkylation sites (N-methyl/N-ethyl adjacent to an activating group) is 1. The fourth-order valence-corrected chi connectivity index (χ4v) is 4.07. The van der Waals surface area contributed by atoms with Crippen molar-refractivity contribution in [2.45, 2.75) is 25.7 Å². The number of nitrogens with one attached hydrogen (secondary N) is 1. The molecule has 0 spiro atoms. The van der Waals surface area contributed by atoms with Crippen molar-refractivity contribution < 1.29 is 9.59 Å². The molecule has 0 saturated carbocycles. The molecule has 1 heterocycles. The van der Waals surface area contributed by atoms with Crippen LogP contribution in [-0.4, -0.2) is 50.4 Å². The largest absolute Gasteiger partial charge is 0.352 e. The van der Waals surface area contributed by atoms with Crippen LogP contribution in [0.2, 0.25) is 0 Å². The molecule has 154 valence electrons. The molecule has 1 atom stereocenters. The van der Waals surface area contributed by atoms with Gasteiger partial charge in [-0.25, -0.2) is 0 Å². The number of rotatable bonds is 7. The summed E-state index contributed by atoms with van der Waals surface area (Å²) in [6.07, 6.45) is 0.461. The molecule has 0 bridgehead atoms. The third-order valence-electron chi connectivity index (χ3n) is 5.46. The summed E-state index contributed by atoms with van der Waals surface area (Å²) in [4.78, 5) is 28.8. The first-order valence-corrected chi connectivity index (χ1v) is 10.1. The number of hydrogen-bond donors (Lipinski definition) is 1. The minimum atomic E-state index is -0.0935. The fraction of sp³-hybridized carbons (Fsp3) is 0.417. The van der Waals surface area contributed by atoms with Crippen molar-refractivity contribution >= 4 is 17.5 Å². The second kappa shape index (κ2) is 8.78. The van der Waals surface area contributed by atoms with Crippen LogP contribution in [0, 0.1) is 5.92 Å². The monoisotopic (exact) mass is 393 g/mol. The first-order chi connectivity index (χ1) is 13.8. The van der Waals surface area contributed by atoms with E-state index < -0.39 is 0 Å². The van der Waals surface area contributed by atoms with Crippen LogP contribution in [0.15, 0.2) is 54.6 Å². The van der Waals surface area contributed by atoms with Crippen LogP contribution in [-0.2, 0) is 10.2 Å². The maximum Gasteiger partial charge on any atom is 0.251 e. The molecule has 1 aliphatic rings. The van der Waals surface area contributed by atoms with Gasteiger partial charge in [0.15, 0.2) is 0 Å². The zero-order chi connectivity index (χ0) is 21.0. The number of anilines is 1. The third-order valence-corrected chi connectivity index (χ3v) is 5.46. The second-order valence-corrected chi connectivity index (χ2v) is 8.82. The van der Waals surface area contributed by atoms with Crippen molar-refractivity contribution in [1.29, 1.82) is 0 Å². The Morgan fingerprint density at radius 1 is 1.10 bits per heavy atom. The predicted molar refractivity (Wildman–Crippen MR) is 117 cm³/mol. The highest BCUT2D eigenvalue weighted by atomic mass is 16.2. The SMILES string of the molecule is CN(C)CC(C)(C)c1ccc(N2CC(CNC(=O)c3ccccc3)CC2=O)cc1. The Morgan fingerprint density at radius 3 is 2.38 bits per heavy atom. The molecule has 1 saturated heterocycles. The molecule has 2 aromatic rings. The maximum absolute atomic E-state index is 12.5. The van der Waals surface area contributed by atoms with Gasteiger partial charge >= 0.3 is 0 Å². The predicted octanol–water partition coefficient (Wildman–Crippen LogP) is 3.31. The Balaban J connectivity index is 1.59. The highest BCUT2D eigenvalue weighted by molar-refractivity contribution is 5.96. The van der Waals surface area contributed by atoms with Crippen molar-refractivity contribution in [3.05, 3.63) is 65.7 Å². The third kappa shape index (κ3) is 5.24. The lowest BCUT2D eigenvalue weighted by Crippen LogP contribution is -2.32. The summed E-state index contributed by atoms with van der Waals surface area (Å²) in [7, 11) is 4.16. The van der Waals surface area contributed by atoms with E-state index in [-0.39, 0.29) is 23.1 Å². The van der Waals surface area contributed by atoms with Gasteiger partial charge in [-0.3, -0.25) is 9.59 Å². The molecule has 5 heteroatoms. The van der Waals surface area contributed by atoms with E-state index in [1.54, 1.807) is 12.1 Å². The van der Waals surface area contributed by atoms with Gasteiger partial charge in [0.25, 0.3) is 5.91 Å². The van der Waals surface area contributed by atoms with Crippen molar-refractivity contribution in [2.75, 3.05) is 38.6 Å². The molecule has 1 fully saturated rings. The molecule has 2 amide bonds. The van der Waals surface area contributed by atoms with Gasteiger partial charge in [-0.15, -0.1) is 0 Å². The van der Waals surface area contributed by atoms with E-state index in [0.717, 1.165) is 12.2 Å². The summed E-state index contributed by atoms with van der Waals surface area (Å²) >= 11 is 0. The molecule has 1 N–H and O–H groups in total. The lowest BCUT2D eigenvalue weighted by molar-refractivity contribution is -0.117. The smallest absolute Gasteiger partial charge is 0.251 e. The number of amides is 2. The van der Waals surface area contributed by atoms with Gasteiger partial charge in [-0.2, -0.15) is 0 Å². The summed E-state index contributed by atoms with van der Waals surface area (Å²) in [5.74, 6) is 0.147. The molecule has 5 nitrogen and oxygen atoms in total. The Morgan fingerprint density at radius 2 is 1.76 bits per heavy atom. The van der Waals surface area contributed by atoms with Crippen LogP contribution in [0.3, 0.4) is 0 Å². The lowest BCUT2D eigenvalue weighted by Gasteiger charge is -2.29. The zero-order valence-electron chi connectivity index (χ0n) is 17.8. The standard InChI is InChI=1S/C24H31N3O2/c1-24(2,17-26(3)4)20-10-12-21(13-11-20)27-16-18(14-22(27)28)15-25-23(29)19-8-6-5-7-9-19/h5-13,18H,14-17H2,1-4H3,(H,25,29). The van der Waals surface area contributed by atoms with E-state index in [9.17, 15) is 9.59 Å². The minimum Gasteiger partial charge on any atom is -0.352 e.